The third kappa shape index (κ3) is 3.29. The smallest absolute Gasteiger partial charge is 0.156 e. The zero-order valence-corrected chi connectivity index (χ0v) is 16.1. The van der Waals surface area contributed by atoms with Gasteiger partial charge in [0.1, 0.15) is 16.3 Å². The van der Waals surface area contributed by atoms with Gasteiger partial charge < -0.3 is 9.32 Å². The Balaban J connectivity index is 1.62. The maximum absolute atomic E-state index is 6.17. The number of hydrogen-bond acceptors (Lipinski definition) is 5. The number of thiazole rings is 1. The Morgan fingerprint density at radius 1 is 1.11 bits per heavy atom. The molecule has 4 nitrogen and oxygen atoms in total. The van der Waals surface area contributed by atoms with Crippen LogP contribution in [-0.4, -0.2) is 41.8 Å². The number of nitrogens with zero attached hydrogens (tertiary/aromatic N) is 3. The van der Waals surface area contributed by atoms with Crippen LogP contribution in [0.1, 0.15) is 23.6 Å². The van der Waals surface area contributed by atoms with Crippen molar-refractivity contribution < 1.29 is 4.42 Å². The van der Waals surface area contributed by atoms with Crippen molar-refractivity contribution in [3.05, 3.63) is 65.4 Å². The highest BCUT2D eigenvalue weighted by molar-refractivity contribution is 7.20. The molecule has 136 valence electrons. The largest absolute Gasteiger partial charge is 0.454 e. The second-order valence-electron chi connectivity index (χ2n) is 7.15. The summed E-state index contributed by atoms with van der Waals surface area (Å²) in [4.78, 5) is 12.4. The predicted molar refractivity (Wildman–Crippen MR) is 112 cm³/mol. The Bertz CT molecular complexity index is 977. The van der Waals surface area contributed by atoms with Crippen LogP contribution in [0, 0.1) is 0 Å². The van der Waals surface area contributed by atoms with Gasteiger partial charge in [-0.3, -0.25) is 4.99 Å². The molecule has 0 spiro atoms. The number of benzene rings is 2. The van der Waals surface area contributed by atoms with Gasteiger partial charge in [0.2, 0.25) is 0 Å². The van der Waals surface area contributed by atoms with Gasteiger partial charge in [-0.2, -0.15) is 0 Å². The summed E-state index contributed by atoms with van der Waals surface area (Å²) in [6, 6.07) is 18.8. The molecule has 0 radical (unpaired) electrons. The van der Waals surface area contributed by atoms with E-state index in [0.29, 0.717) is 6.04 Å². The summed E-state index contributed by atoms with van der Waals surface area (Å²) in [7, 11) is 2.17. The Kier molecular flexibility index (Phi) is 4.26. The number of aromatic nitrogens is 1. The van der Waals surface area contributed by atoms with E-state index in [1.165, 1.54) is 4.70 Å². The lowest BCUT2D eigenvalue weighted by molar-refractivity contribution is 0.257. The van der Waals surface area contributed by atoms with Crippen LogP contribution < -0.4 is 0 Å². The molecule has 5 heteroatoms. The molecule has 4 aromatic rings. The highest BCUT2D eigenvalue weighted by Crippen LogP contribution is 2.28. The van der Waals surface area contributed by atoms with Crippen molar-refractivity contribution in [3.8, 4) is 0 Å². The fourth-order valence-corrected chi connectivity index (χ4v) is 4.57. The summed E-state index contributed by atoms with van der Waals surface area (Å²) < 4.78 is 7.35. The first-order valence-corrected chi connectivity index (χ1v) is 10.2. The molecular formula is C22H21N3OS. The second-order valence-corrected chi connectivity index (χ2v) is 8.18. The van der Waals surface area contributed by atoms with Crippen molar-refractivity contribution >= 4 is 38.2 Å². The average Bonchev–Trinajstić information content (AvgIpc) is 3.31. The van der Waals surface area contributed by atoms with Crippen molar-refractivity contribution in [2.24, 2.45) is 4.99 Å². The van der Waals surface area contributed by atoms with E-state index in [2.05, 4.69) is 42.3 Å². The lowest BCUT2D eigenvalue weighted by atomic mass is 10.1. The number of likely N-dealkylation sites (tertiary alicyclic amines) is 1. The third-order valence-corrected chi connectivity index (χ3v) is 6.20. The van der Waals surface area contributed by atoms with Crippen LogP contribution >= 0.6 is 11.3 Å². The number of hydrogen-bond donors (Lipinski definition) is 0. The molecule has 2 aromatic carbocycles. The fourth-order valence-electron chi connectivity index (χ4n) is 3.60. The van der Waals surface area contributed by atoms with Gasteiger partial charge in [0, 0.05) is 5.39 Å². The molecular weight excluding hydrogens is 354 g/mol. The summed E-state index contributed by atoms with van der Waals surface area (Å²) in [6.45, 7) is 2.17. The molecule has 2 aromatic heterocycles. The van der Waals surface area contributed by atoms with Crippen molar-refractivity contribution in [2.45, 2.75) is 18.9 Å². The van der Waals surface area contributed by atoms with Crippen LogP contribution in [-0.2, 0) is 0 Å². The van der Waals surface area contributed by atoms with Gasteiger partial charge in [0.15, 0.2) is 5.76 Å². The van der Waals surface area contributed by atoms with E-state index in [0.717, 1.165) is 58.9 Å². The minimum Gasteiger partial charge on any atom is -0.454 e. The van der Waals surface area contributed by atoms with Gasteiger partial charge in [-0.15, -0.1) is 11.3 Å². The Labute approximate surface area is 162 Å². The molecule has 1 aliphatic heterocycles. The van der Waals surface area contributed by atoms with E-state index < -0.39 is 0 Å². The summed E-state index contributed by atoms with van der Waals surface area (Å²) >= 11 is 1.69. The van der Waals surface area contributed by atoms with Crippen LogP contribution in [0.15, 0.2) is 64.0 Å². The highest BCUT2D eigenvalue weighted by atomic mass is 32.1. The molecule has 0 unspecified atom stereocenters. The molecule has 0 bridgehead atoms. The van der Waals surface area contributed by atoms with Gasteiger partial charge in [-0.25, -0.2) is 4.98 Å². The summed E-state index contributed by atoms with van der Waals surface area (Å²) in [6.07, 6.45) is 2.15. The number of aliphatic imine (C=N–C) groups is 1. The van der Waals surface area contributed by atoms with Crippen molar-refractivity contribution in [2.75, 3.05) is 20.1 Å². The van der Waals surface area contributed by atoms with Gasteiger partial charge in [0.05, 0.1) is 16.3 Å². The van der Waals surface area contributed by atoms with E-state index >= 15 is 0 Å². The topological polar surface area (TPSA) is 41.6 Å². The minimum absolute atomic E-state index is 0.316. The van der Waals surface area contributed by atoms with Crippen LogP contribution in [0.25, 0.3) is 21.2 Å². The number of rotatable bonds is 3. The van der Waals surface area contributed by atoms with E-state index in [4.69, 9.17) is 14.4 Å². The molecule has 27 heavy (non-hydrogen) atoms. The van der Waals surface area contributed by atoms with Gasteiger partial charge >= 0.3 is 0 Å². The fraction of sp³-hybridized carbons (Fsp3) is 0.273. The van der Waals surface area contributed by atoms with E-state index in [-0.39, 0.29) is 0 Å². The molecule has 0 amide bonds. The van der Waals surface area contributed by atoms with E-state index in [1.54, 1.807) is 11.3 Å². The first kappa shape index (κ1) is 16.7. The Morgan fingerprint density at radius 2 is 1.89 bits per heavy atom. The second kappa shape index (κ2) is 6.91. The quantitative estimate of drug-likeness (QED) is 0.475. The normalized spacial score (nSPS) is 17.1. The van der Waals surface area contributed by atoms with Gasteiger partial charge in [0.25, 0.3) is 0 Å². The average molecular weight is 375 g/mol. The van der Waals surface area contributed by atoms with Crippen molar-refractivity contribution in [1.29, 1.82) is 0 Å². The summed E-state index contributed by atoms with van der Waals surface area (Å²) in [5, 5.41) is 2.04. The zero-order chi connectivity index (χ0) is 18.2. The predicted octanol–water partition coefficient (Wildman–Crippen LogP) is 4.97. The van der Waals surface area contributed by atoms with Crippen molar-refractivity contribution in [3.63, 3.8) is 0 Å². The molecule has 5 rings (SSSR count). The Hall–Kier alpha value is -2.50. The standard InChI is InChI=1S/C22H21N3OS/c1-25-12-10-16(11-13-25)23-21(19-14-15-6-2-4-8-18(15)26-19)22-24-17-7-3-5-9-20(17)27-22/h2-9,14,16H,10-13H2,1H3/b23-21-. The summed E-state index contributed by atoms with van der Waals surface area (Å²) in [5.74, 6) is 0.814. The molecule has 0 atom stereocenters. The van der Waals surface area contributed by atoms with Crippen molar-refractivity contribution in [1.82, 2.24) is 9.88 Å². The Morgan fingerprint density at radius 3 is 2.70 bits per heavy atom. The lowest BCUT2D eigenvalue weighted by Crippen LogP contribution is -2.32. The maximum Gasteiger partial charge on any atom is 0.156 e. The first-order chi connectivity index (χ1) is 13.3. The molecule has 1 fully saturated rings. The SMILES string of the molecule is CN1CCC(/N=C(/c2cc3ccccc3o2)c2nc3ccccc3s2)CC1. The summed E-state index contributed by atoms with van der Waals surface area (Å²) in [5.41, 5.74) is 2.80. The number of para-hydroxylation sites is 2. The molecule has 0 saturated carbocycles. The minimum atomic E-state index is 0.316. The monoisotopic (exact) mass is 375 g/mol. The molecule has 0 aliphatic carbocycles. The highest BCUT2D eigenvalue weighted by Gasteiger charge is 2.21. The van der Waals surface area contributed by atoms with Gasteiger partial charge in [-0.05, 0) is 57.2 Å². The van der Waals surface area contributed by atoms with Crippen LogP contribution in [0.2, 0.25) is 0 Å². The van der Waals surface area contributed by atoms with E-state index in [1.807, 2.05) is 24.3 Å². The molecule has 1 aliphatic rings. The number of piperidine rings is 1. The molecule has 1 saturated heterocycles. The maximum atomic E-state index is 6.17. The number of furan rings is 1. The van der Waals surface area contributed by atoms with Crippen LogP contribution in [0.5, 0.6) is 0 Å². The molecule has 0 N–H and O–H groups in total. The van der Waals surface area contributed by atoms with Crippen LogP contribution in [0.3, 0.4) is 0 Å². The third-order valence-electron chi connectivity index (χ3n) is 5.16. The van der Waals surface area contributed by atoms with Crippen LogP contribution in [0.4, 0.5) is 0 Å². The first-order valence-electron chi connectivity index (χ1n) is 9.37. The zero-order valence-electron chi connectivity index (χ0n) is 15.3. The number of fused-ring (bicyclic) bond motifs is 2. The van der Waals surface area contributed by atoms with E-state index in [9.17, 15) is 0 Å². The lowest BCUT2D eigenvalue weighted by Gasteiger charge is -2.26. The molecule has 3 heterocycles. The van der Waals surface area contributed by atoms with Gasteiger partial charge in [-0.1, -0.05) is 30.3 Å².